The van der Waals surface area contributed by atoms with Gasteiger partial charge >= 0.3 is 0 Å². The monoisotopic (exact) mass is 698 g/mol. The molecule has 9 aromatic carbocycles. The lowest BCUT2D eigenvalue weighted by atomic mass is 9.99. The maximum absolute atomic E-state index is 2.50. The Morgan fingerprint density at radius 1 is 0.327 bits per heavy atom. The van der Waals surface area contributed by atoms with Crippen molar-refractivity contribution >= 4 is 54.4 Å². The van der Waals surface area contributed by atoms with Crippen molar-refractivity contribution < 1.29 is 0 Å². The van der Waals surface area contributed by atoms with E-state index in [2.05, 4.69) is 203 Å². The van der Waals surface area contributed by atoms with E-state index in [0.717, 1.165) is 6.42 Å². The topological polar surface area (TPSA) is 9.86 Å². The van der Waals surface area contributed by atoms with E-state index in [1.807, 2.05) is 0 Å². The summed E-state index contributed by atoms with van der Waals surface area (Å²) in [5.41, 5.74) is 17.7. The van der Waals surface area contributed by atoms with Crippen molar-refractivity contribution in [2.45, 2.75) is 6.42 Å². The highest BCUT2D eigenvalue weighted by Gasteiger charge is 2.25. The average Bonchev–Trinajstić information content (AvgIpc) is 3.91. The summed E-state index contributed by atoms with van der Waals surface area (Å²) in [5, 5.41) is 7.58. The van der Waals surface area contributed by atoms with E-state index in [9.17, 15) is 0 Å². The van der Waals surface area contributed by atoms with Crippen molar-refractivity contribution in [3.8, 4) is 44.8 Å². The second kappa shape index (κ2) is 11.7. The Balaban J connectivity index is 1.06. The van der Waals surface area contributed by atoms with E-state index in [-0.39, 0.29) is 0 Å². The molecule has 256 valence electrons. The zero-order valence-electron chi connectivity index (χ0n) is 30.1. The molecule has 0 bridgehead atoms. The highest BCUT2D eigenvalue weighted by atomic mass is 15.0. The lowest BCUT2D eigenvalue weighted by Gasteiger charge is -2.13. The molecular formula is C53H34N2. The van der Waals surface area contributed by atoms with Gasteiger partial charge in [-0.25, -0.2) is 0 Å². The molecule has 0 radical (unpaired) electrons. The van der Waals surface area contributed by atoms with Crippen LogP contribution < -0.4 is 0 Å². The summed E-state index contributed by atoms with van der Waals surface area (Å²) < 4.78 is 4.92. The molecule has 0 saturated heterocycles. The van der Waals surface area contributed by atoms with E-state index in [1.54, 1.807) is 0 Å². The molecule has 12 rings (SSSR count). The number of fused-ring (bicyclic) bond motifs is 11. The predicted molar refractivity (Wildman–Crippen MR) is 232 cm³/mol. The third kappa shape index (κ3) is 4.55. The minimum Gasteiger partial charge on any atom is -0.309 e. The molecular weight excluding hydrogens is 665 g/mol. The van der Waals surface area contributed by atoms with Gasteiger partial charge in [0.2, 0.25) is 0 Å². The van der Waals surface area contributed by atoms with Crippen molar-refractivity contribution in [3.63, 3.8) is 0 Å². The quantitative estimate of drug-likeness (QED) is 0.173. The van der Waals surface area contributed by atoms with E-state index in [0.29, 0.717) is 0 Å². The Morgan fingerprint density at radius 3 is 1.78 bits per heavy atom. The third-order valence-corrected chi connectivity index (χ3v) is 11.9. The SMILES string of the molecule is c1ccc(-c2ccc(-n3c4ccc(-c5ccc6c(c5)c5ccccc5n6-c5ccc6ccccc6c5)cc4c4ccc5c(c43)-c3ccccc3C5)cc2)cc1. The van der Waals surface area contributed by atoms with E-state index >= 15 is 0 Å². The van der Waals surface area contributed by atoms with Gasteiger partial charge < -0.3 is 9.13 Å². The zero-order chi connectivity index (χ0) is 36.0. The molecule has 11 aromatic rings. The lowest BCUT2D eigenvalue weighted by molar-refractivity contribution is 1.18. The van der Waals surface area contributed by atoms with Gasteiger partial charge in [0, 0.05) is 38.5 Å². The number of benzene rings is 9. The van der Waals surface area contributed by atoms with Gasteiger partial charge in [-0.1, -0.05) is 140 Å². The second-order valence-electron chi connectivity index (χ2n) is 14.9. The Kier molecular flexibility index (Phi) is 6.43. The van der Waals surface area contributed by atoms with Crippen LogP contribution in [0, 0.1) is 0 Å². The molecule has 1 aliphatic rings. The van der Waals surface area contributed by atoms with Crippen molar-refractivity contribution in [2.24, 2.45) is 0 Å². The van der Waals surface area contributed by atoms with Crippen LogP contribution in [0.1, 0.15) is 11.1 Å². The van der Waals surface area contributed by atoms with Crippen LogP contribution in [0.15, 0.2) is 194 Å². The van der Waals surface area contributed by atoms with Crippen LogP contribution in [-0.2, 0) is 6.42 Å². The summed E-state index contributed by atoms with van der Waals surface area (Å²) in [4.78, 5) is 0. The molecule has 0 unspecified atom stereocenters. The first kappa shape index (κ1) is 30.3. The van der Waals surface area contributed by atoms with E-state index < -0.39 is 0 Å². The maximum Gasteiger partial charge on any atom is 0.0622 e. The molecule has 0 spiro atoms. The first-order chi connectivity index (χ1) is 27.3. The number of hydrogen-bond acceptors (Lipinski definition) is 0. The van der Waals surface area contributed by atoms with Crippen LogP contribution in [0.3, 0.4) is 0 Å². The second-order valence-corrected chi connectivity index (χ2v) is 14.9. The normalized spacial score (nSPS) is 12.3. The average molecular weight is 699 g/mol. The third-order valence-electron chi connectivity index (χ3n) is 11.9. The standard InChI is InChI=1S/C53H34N2/c1-2-10-34(11-3-1)36-18-24-42(25-19-36)55-51-29-23-39(33-48(51)46-27-21-41-30-40-14-6-7-15-44(40)52(41)53(46)55)38-22-28-50-47(32-38)45-16-8-9-17-49(45)54(50)43-26-20-35-12-4-5-13-37(35)31-43/h1-29,31-33H,30H2. The number of nitrogens with zero attached hydrogens (tertiary/aromatic N) is 2. The molecule has 1 aliphatic carbocycles. The van der Waals surface area contributed by atoms with Gasteiger partial charge in [0.15, 0.2) is 0 Å². The molecule has 55 heavy (non-hydrogen) atoms. The summed E-state index contributed by atoms with van der Waals surface area (Å²) in [7, 11) is 0. The van der Waals surface area contributed by atoms with E-state index in [4.69, 9.17) is 0 Å². The first-order valence-electron chi connectivity index (χ1n) is 19.1. The largest absolute Gasteiger partial charge is 0.309 e. The van der Waals surface area contributed by atoms with Crippen LogP contribution >= 0.6 is 0 Å². The molecule has 0 saturated carbocycles. The zero-order valence-corrected chi connectivity index (χ0v) is 30.1. The smallest absolute Gasteiger partial charge is 0.0622 e. The van der Waals surface area contributed by atoms with Gasteiger partial charge in [0.1, 0.15) is 0 Å². The van der Waals surface area contributed by atoms with Gasteiger partial charge in [-0.05, 0) is 111 Å². The number of hydrogen-bond donors (Lipinski definition) is 0. The predicted octanol–water partition coefficient (Wildman–Crippen LogP) is 13.9. The van der Waals surface area contributed by atoms with Gasteiger partial charge in [-0.2, -0.15) is 0 Å². The lowest BCUT2D eigenvalue weighted by Crippen LogP contribution is -1.96. The molecule has 2 heteroatoms. The summed E-state index contributed by atoms with van der Waals surface area (Å²) in [6, 6.07) is 71.7. The molecule has 0 fully saturated rings. The van der Waals surface area contributed by atoms with Crippen molar-refractivity contribution in [3.05, 3.63) is 205 Å². The molecule has 0 N–H and O–H groups in total. The molecule has 0 amide bonds. The Hall–Kier alpha value is -7.16. The van der Waals surface area contributed by atoms with Crippen LogP contribution in [0.5, 0.6) is 0 Å². The van der Waals surface area contributed by atoms with Crippen LogP contribution in [-0.4, -0.2) is 9.13 Å². The van der Waals surface area contributed by atoms with Crippen molar-refractivity contribution in [2.75, 3.05) is 0 Å². The molecule has 2 aromatic heterocycles. The highest BCUT2D eigenvalue weighted by molar-refractivity contribution is 6.16. The van der Waals surface area contributed by atoms with Gasteiger partial charge in [0.25, 0.3) is 0 Å². The Morgan fingerprint density at radius 2 is 0.945 bits per heavy atom. The fourth-order valence-corrected chi connectivity index (χ4v) is 9.35. The first-order valence-corrected chi connectivity index (χ1v) is 19.1. The van der Waals surface area contributed by atoms with Crippen molar-refractivity contribution in [1.29, 1.82) is 0 Å². The van der Waals surface area contributed by atoms with Crippen LogP contribution in [0.2, 0.25) is 0 Å². The fourth-order valence-electron chi connectivity index (χ4n) is 9.35. The van der Waals surface area contributed by atoms with E-state index in [1.165, 1.54) is 110 Å². The molecule has 2 nitrogen and oxygen atoms in total. The molecule has 2 heterocycles. The van der Waals surface area contributed by atoms with Crippen LogP contribution in [0.25, 0.3) is 99.1 Å². The maximum atomic E-state index is 2.50. The summed E-state index contributed by atoms with van der Waals surface area (Å²) in [6.07, 6.45) is 0.966. The summed E-state index contributed by atoms with van der Waals surface area (Å²) in [6.45, 7) is 0. The Labute approximate surface area is 318 Å². The Bertz CT molecular complexity index is 3320. The van der Waals surface area contributed by atoms with Crippen molar-refractivity contribution in [1.82, 2.24) is 9.13 Å². The number of rotatable bonds is 4. The van der Waals surface area contributed by atoms with Gasteiger partial charge in [0.05, 0.1) is 22.1 Å². The molecule has 0 atom stereocenters. The minimum atomic E-state index is 0.966. The van der Waals surface area contributed by atoms with Gasteiger partial charge in [-0.15, -0.1) is 0 Å². The number of aromatic nitrogens is 2. The highest BCUT2D eigenvalue weighted by Crippen LogP contribution is 2.46. The summed E-state index contributed by atoms with van der Waals surface area (Å²) in [5.74, 6) is 0. The molecule has 0 aliphatic heterocycles. The van der Waals surface area contributed by atoms with Gasteiger partial charge in [-0.3, -0.25) is 0 Å². The van der Waals surface area contributed by atoms with Crippen LogP contribution in [0.4, 0.5) is 0 Å². The fraction of sp³-hybridized carbons (Fsp3) is 0.0189. The minimum absolute atomic E-state index is 0.966. The number of para-hydroxylation sites is 1. The summed E-state index contributed by atoms with van der Waals surface area (Å²) >= 11 is 0.